The van der Waals surface area contributed by atoms with Crippen LogP contribution in [0.3, 0.4) is 0 Å². The van der Waals surface area contributed by atoms with Gasteiger partial charge in [-0.2, -0.15) is 4.98 Å². The Hall–Kier alpha value is -5.21. The lowest BCUT2D eigenvalue weighted by Crippen LogP contribution is -2.53. The summed E-state index contributed by atoms with van der Waals surface area (Å²) in [6, 6.07) is 19.1. The second-order valence-corrected chi connectivity index (χ2v) is 20.0. The van der Waals surface area contributed by atoms with E-state index >= 15 is 4.39 Å². The van der Waals surface area contributed by atoms with E-state index in [2.05, 4.69) is 111 Å². The monoisotopic (exact) mass is 927 g/mol. The lowest BCUT2D eigenvalue weighted by molar-refractivity contribution is 0.0808. The number of anilines is 7. The molecule has 3 N–H and O–H groups in total. The molecule has 5 aliphatic rings. The highest BCUT2D eigenvalue weighted by atomic mass is 35.5. The number of nitrogens with one attached hydrogen (secondary N) is 3. The summed E-state index contributed by atoms with van der Waals surface area (Å²) in [5.41, 5.74) is 7.91. The summed E-state index contributed by atoms with van der Waals surface area (Å²) in [6.45, 7) is 27.9. The summed E-state index contributed by atoms with van der Waals surface area (Å²) in [5.74, 6) is 1.36. The Morgan fingerprint density at radius 3 is 2.35 bits per heavy atom. The first-order valence-corrected chi connectivity index (χ1v) is 25.4. The molecule has 4 fully saturated rings. The van der Waals surface area contributed by atoms with Crippen LogP contribution in [-0.4, -0.2) is 102 Å². The highest BCUT2D eigenvalue weighted by molar-refractivity contribution is 8.00. The molecule has 0 aliphatic carbocycles. The van der Waals surface area contributed by atoms with Gasteiger partial charge < -0.3 is 39.5 Å². The third-order valence-corrected chi connectivity index (χ3v) is 16.0. The number of hydrogen-bond donors (Lipinski definition) is 3. The first-order valence-electron chi connectivity index (χ1n) is 23.8. The summed E-state index contributed by atoms with van der Waals surface area (Å²) in [4.78, 5) is 19.2. The summed E-state index contributed by atoms with van der Waals surface area (Å²) in [5, 5.41) is 14.8. The van der Waals surface area contributed by atoms with Crippen molar-refractivity contribution in [2.24, 2.45) is 5.92 Å². The van der Waals surface area contributed by atoms with Crippen molar-refractivity contribution >= 4 is 87.7 Å². The van der Waals surface area contributed by atoms with E-state index in [4.69, 9.17) is 11.6 Å². The highest BCUT2D eigenvalue weighted by Crippen LogP contribution is 2.41. The van der Waals surface area contributed by atoms with Gasteiger partial charge in [-0.15, -0.1) is 0 Å². The van der Waals surface area contributed by atoms with E-state index in [0.29, 0.717) is 34.2 Å². The molecule has 0 bridgehead atoms. The molecule has 1 atom stereocenters. The van der Waals surface area contributed by atoms with E-state index in [9.17, 15) is 0 Å². The van der Waals surface area contributed by atoms with Gasteiger partial charge in [0.1, 0.15) is 10.8 Å². The van der Waals surface area contributed by atoms with Crippen molar-refractivity contribution in [3.8, 4) is 0 Å². The number of benzene rings is 3. The Morgan fingerprint density at radius 2 is 1.59 bits per heavy atom. The minimum absolute atomic E-state index is 0.140. The largest absolute Gasteiger partial charge is 0.371 e. The van der Waals surface area contributed by atoms with Crippen LogP contribution in [0.5, 0.6) is 0 Å². The molecule has 11 nitrogen and oxygen atoms in total. The number of fused-ring (bicyclic) bond motifs is 2. The summed E-state index contributed by atoms with van der Waals surface area (Å²) < 4.78 is 20.3. The Kier molecular flexibility index (Phi) is 13.0. The van der Waals surface area contributed by atoms with E-state index in [-0.39, 0.29) is 11.9 Å². The van der Waals surface area contributed by atoms with Gasteiger partial charge in [-0.05, 0) is 106 Å². The summed E-state index contributed by atoms with van der Waals surface area (Å²) >= 11 is 8.25. The van der Waals surface area contributed by atoms with Crippen molar-refractivity contribution < 1.29 is 4.39 Å². The first kappa shape index (κ1) is 44.6. The molecular weight excluding hydrogens is 865 g/mol. The molecule has 346 valence electrons. The second kappa shape index (κ2) is 19.2. The number of aromatic nitrogens is 3. The molecule has 4 saturated heterocycles. The number of allylic oxidation sites excluding steroid dienone is 2. The number of hydrogen-bond acceptors (Lipinski definition) is 11. The van der Waals surface area contributed by atoms with Gasteiger partial charge in [0.15, 0.2) is 5.82 Å². The smallest absolute Gasteiger partial charge is 0.229 e. The molecule has 0 amide bonds. The maximum atomic E-state index is 15.7. The van der Waals surface area contributed by atoms with E-state index in [0.717, 1.165) is 130 Å². The van der Waals surface area contributed by atoms with Crippen LogP contribution in [-0.2, 0) is 6.42 Å². The second-order valence-electron chi connectivity index (χ2n) is 18.8. The Labute approximate surface area is 398 Å². The van der Waals surface area contributed by atoms with E-state index in [1.54, 1.807) is 18.1 Å². The van der Waals surface area contributed by atoms with Crippen LogP contribution in [0.15, 0.2) is 85.3 Å². The molecule has 7 heterocycles. The van der Waals surface area contributed by atoms with Gasteiger partial charge in [0.2, 0.25) is 5.95 Å². The molecule has 66 heavy (non-hydrogen) atoms. The van der Waals surface area contributed by atoms with Crippen LogP contribution in [0, 0.1) is 11.7 Å². The molecule has 14 heteroatoms. The van der Waals surface area contributed by atoms with Crippen LogP contribution in [0.25, 0.3) is 23.9 Å². The van der Waals surface area contributed by atoms with Crippen LogP contribution in [0.1, 0.15) is 56.6 Å². The van der Waals surface area contributed by atoms with Gasteiger partial charge in [0.05, 0.1) is 29.3 Å². The molecule has 3 aromatic carbocycles. The average molecular weight is 929 g/mol. The zero-order chi connectivity index (χ0) is 45.5. The fraction of sp³-hybridized carbons (Fsp3) is 0.423. The van der Waals surface area contributed by atoms with E-state index in [1.165, 1.54) is 53.9 Å². The molecule has 0 radical (unpaired) electrons. The first-order chi connectivity index (χ1) is 32.1. The number of halogens is 2. The van der Waals surface area contributed by atoms with Crippen LogP contribution in [0.2, 0.25) is 5.02 Å². The Morgan fingerprint density at radius 1 is 0.818 bits per heavy atom. The number of para-hydroxylation sites is 1. The normalized spacial score (nSPS) is 20.3. The third kappa shape index (κ3) is 9.11. The highest BCUT2D eigenvalue weighted by Gasteiger charge is 2.30. The van der Waals surface area contributed by atoms with Gasteiger partial charge in [-0.3, -0.25) is 4.90 Å². The molecule has 1 unspecified atom stereocenters. The molecule has 5 aliphatic heterocycles. The Bertz CT molecular complexity index is 2720. The topological polar surface area (TPSA) is 83.0 Å². The number of nitrogens with zero attached hydrogens (tertiary/aromatic N) is 8. The summed E-state index contributed by atoms with van der Waals surface area (Å²) in [7, 11) is 0. The maximum Gasteiger partial charge on any atom is 0.229 e. The predicted octanol–water partition coefficient (Wildman–Crippen LogP) is 9.02. The third-order valence-electron chi connectivity index (χ3n) is 14.9. The molecular formula is C52H63ClFN11S. The zero-order valence-corrected chi connectivity index (χ0v) is 39.9. The number of piperazine rings is 1. The van der Waals surface area contributed by atoms with Crippen LogP contribution < -0.4 is 40.8 Å². The fourth-order valence-electron chi connectivity index (χ4n) is 11.1. The average Bonchev–Trinajstić information content (AvgIpc) is 3.87. The molecule has 2 aromatic heterocycles. The van der Waals surface area contributed by atoms with Gasteiger partial charge in [-0.1, -0.05) is 68.1 Å². The van der Waals surface area contributed by atoms with Crippen molar-refractivity contribution in [3.05, 3.63) is 112 Å². The number of piperidine rings is 3. The van der Waals surface area contributed by atoms with Crippen molar-refractivity contribution in [3.63, 3.8) is 0 Å². The van der Waals surface area contributed by atoms with Gasteiger partial charge in [-0.25, -0.2) is 9.37 Å². The standard InChI is InChI=1S/C52H63ClFN11S/c1-34-9-13-48(35(2)56-34)65-36(3)43-12-11-42(32-44(43)37(65)4)61-22-16-38(17-23-61)15-21-60-27-29-62(30-28-60)41-19-24-63(25-20-41)49-14-10-40(31-46(49)54)57-52-55-33-45(53)51(59-52)58-47-8-6-7-39-18-26-64(66-5)50(39)47/h6-8,10-12,14,31-33,38,41,48,56H,1-4,9,13,15-30H2,5H3,(H2,55,57,58,59). The fourth-order valence-corrected chi connectivity index (χ4v) is 12.0. The molecule has 5 aromatic rings. The minimum atomic E-state index is -0.248. The van der Waals surface area contributed by atoms with Gasteiger partial charge in [0, 0.05) is 115 Å². The molecule has 0 spiro atoms. The predicted molar refractivity (Wildman–Crippen MR) is 276 cm³/mol. The number of rotatable bonds is 12. The van der Waals surface area contributed by atoms with Crippen molar-refractivity contribution in [2.45, 2.75) is 63.5 Å². The Balaban J connectivity index is 0.661. The van der Waals surface area contributed by atoms with E-state index < -0.39 is 0 Å². The lowest BCUT2D eigenvalue weighted by Gasteiger charge is -2.43. The molecule has 10 rings (SSSR count). The minimum Gasteiger partial charge on any atom is -0.371 e. The van der Waals surface area contributed by atoms with Gasteiger partial charge >= 0.3 is 0 Å². The quantitative estimate of drug-likeness (QED) is 0.105. The SMILES string of the molecule is C=C1CCC(n2c(=C)c3ccc(N4CCC(CCN5CCN(C6CCN(c7ccc(Nc8ncc(Cl)c(Nc9cccc%10c9N(SC)CC%10)n8)cc7F)CC6)CC5)CC4)cc3c2=C)C(=C)N1. The van der Waals surface area contributed by atoms with Gasteiger partial charge in [0.25, 0.3) is 0 Å². The zero-order valence-electron chi connectivity index (χ0n) is 38.3. The van der Waals surface area contributed by atoms with Crippen LogP contribution in [0.4, 0.5) is 44.6 Å². The van der Waals surface area contributed by atoms with E-state index in [1.807, 2.05) is 24.3 Å². The molecule has 0 saturated carbocycles. The summed E-state index contributed by atoms with van der Waals surface area (Å²) in [6.07, 6.45) is 12.4. The van der Waals surface area contributed by atoms with Crippen molar-refractivity contribution in [2.75, 3.05) is 96.4 Å². The van der Waals surface area contributed by atoms with Crippen molar-refractivity contribution in [1.82, 2.24) is 29.7 Å². The van der Waals surface area contributed by atoms with Crippen LogP contribution >= 0.6 is 23.5 Å². The lowest BCUT2D eigenvalue weighted by atomic mass is 9.92. The van der Waals surface area contributed by atoms with Crippen molar-refractivity contribution in [1.29, 1.82) is 0 Å². The maximum absolute atomic E-state index is 15.7.